The van der Waals surface area contributed by atoms with Crippen molar-refractivity contribution in [3.05, 3.63) is 70.2 Å². The van der Waals surface area contributed by atoms with Gasteiger partial charge in [0, 0.05) is 18.0 Å². The summed E-state index contributed by atoms with van der Waals surface area (Å²) < 4.78 is 13.3. The van der Waals surface area contributed by atoms with Crippen LogP contribution in [-0.2, 0) is 11.2 Å². The number of nitrogens with zero attached hydrogens (tertiary/aromatic N) is 1. The molecule has 1 aromatic carbocycles. The molecule has 0 bridgehead atoms. The topological polar surface area (TPSA) is 32.3 Å². The van der Waals surface area contributed by atoms with Gasteiger partial charge in [-0.05, 0) is 41.1 Å². The largest absolute Gasteiger partial charge is 0.330 e. The minimum atomic E-state index is -0.263. The molecule has 0 unspecified atom stereocenters. The average molecular weight is 330 g/mol. The summed E-state index contributed by atoms with van der Waals surface area (Å²) in [5.74, 6) is -0.210. The van der Waals surface area contributed by atoms with Crippen molar-refractivity contribution < 1.29 is 9.18 Å². The third kappa shape index (κ3) is 3.35. The predicted octanol–water partition coefficient (Wildman–Crippen LogP) is 3.14. The SMILES string of the molecule is C=CCNCC(=O)N1CCc2sccc2[C@@H]1c1ccc(F)cc1. The minimum absolute atomic E-state index is 0.0537. The van der Waals surface area contributed by atoms with Crippen LogP contribution < -0.4 is 5.32 Å². The zero-order valence-corrected chi connectivity index (χ0v) is 13.6. The van der Waals surface area contributed by atoms with Gasteiger partial charge in [0.25, 0.3) is 0 Å². The Morgan fingerprint density at radius 2 is 2.17 bits per heavy atom. The summed E-state index contributed by atoms with van der Waals surface area (Å²) in [6, 6.07) is 8.38. The lowest BCUT2D eigenvalue weighted by atomic mass is 9.93. The number of hydrogen-bond donors (Lipinski definition) is 1. The fourth-order valence-electron chi connectivity index (χ4n) is 2.97. The monoisotopic (exact) mass is 330 g/mol. The molecule has 1 aliphatic heterocycles. The van der Waals surface area contributed by atoms with Crippen LogP contribution in [0.25, 0.3) is 0 Å². The first-order valence-electron chi connectivity index (χ1n) is 7.63. The van der Waals surface area contributed by atoms with E-state index in [1.807, 2.05) is 4.90 Å². The van der Waals surface area contributed by atoms with Crippen LogP contribution >= 0.6 is 11.3 Å². The van der Waals surface area contributed by atoms with Crippen LogP contribution in [0.4, 0.5) is 4.39 Å². The van der Waals surface area contributed by atoms with Crippen molar-refractivity contribution in [3.8, 4) is 0 Å². The Kier molecular flexibility index (Phi) is 4.88. The zero-order valence-electron chi connectivity index (χ0n) is 12.8. The number of thiophene rings is 1. The van der Waals surface area contributed by atoms with Crippen LogP contribution in [0.15, 0.2) is 48.4 Å². The van der Waals surface area contributed by atoms with E-state index in [9.17, 15) is 9.18 Å². The van der Waals surface area contributed by atoms with Gasteiger partial charge in [-0.3, -0.25) is 4.79 Å². The van der Waals surface area contributed by atoms with Crippen LogP contribution in [-0.4, -0.2) is 30.4 Å². The Hall–Kier alpha value is -1.98. The summed E-state index contributed by atoms with van der Waals surface area (Å²) in [7, 11) is 0. The smallest absolute Gasteiger partial charge is 0.237 e. The van der Waals surface area contributed by atoms with Gasteiger partial charge >= 0.3 is 0 Å². The van der Waals surface area contributed by atoms with Crippen molar-refractivity contribution in [2.24, 2.45) is 0 Å². The number of nitrogens with one attached hydrogen (secondary N) is 1. The molecular formula is C18H19FN2OS. The fraction of sp³-hybridized carbons (Fsp3) is 0.278. The highest BCUT2D eigenvalue weighted by Crippen LogP contribution is 2.37. The summed E-state index contributed by atoms with van der Waals surface area (Å²) in [5.41, 5.74) is 2.10. The maximum atomic E-state index is 13.3. The first kappa shape index (κ1) is 15.9. The maximum absolute atomic E-state index is 13.3. The summed E-state index contributed by atoms with van der Waals surface area (Å²) in [6.07, 6.45) is 2.61. The molecule has 0 fully saturated rings. The zero-order chi connectivity index (χ0) is 16.2. The highest BCUT2D eigenvalue weighted by molar-refractivity contribution is 7.10. The van der Waals surface area contributed by atoms with Crippen molar-refractivity contribution in [1.29, 1.82) is 0 Å². The lowest BCUT2D eigenvalue weighted by molar-refractivity contribution is -0.132. The van der Waals surface area contributed by atoms with E-state index in [1.54, 1.807) is 29.5 Å². The normalized spacial score (nSPS) is 16.9. The molecule has 120 valence electrons. The number of amides is 1. The van der Waals surface area contributed by atoms with Crippen LogP contribution in [0.2, 0.25) is 0 Å². The summed E-state index contributed by atoms with van der Waals surface area (Å²) in [5, 5.41) is 5.13. The molecule has 3 nitrogen and oxygen atoms in total. The molecule has 0 spiro atoms. The quantitative estimate of drug-likeness (QED) is 0.675. The van der Waals surface area contributed by atoms with Crippen molar-refractivity contribution in [2.45, 2.75) is 12.5 Å². The van der Waals surface area contributed by atoms with Crippen LogP contribution in [0.3, 0.4) is 0 Å². The Labute approximate surface area is 139 Å². The second-order valence-electron chi connectivity index (χ2n) is 5.51. The maximum Gasteiger partial charge on any atom is 0.237 e. The summed E-state index contributed by atoms with van der Waals surface area (Å²) in [4.78, 5) is 15.8. The Morgan fingerprint density at radius 1 is 1.39 bits per heavy atom. The molecule has 5 heteroatoms. The first-order valence-corrected chi connectivity index (χ1v) is 8.51. The van der Waals surface area contributed by atoms with E-state index < -0.39 is 0 Å². The molecule has 1 amide bonds. The molecular weight excluding hydrogens is 311 g/mol. The second-order valence-corrected chi connectivity index (χ2v) is 6.51. The Morgan fingerprint density at radius 3 is 2.91 bits per heavy atom. The number of carbonyl (C=O) groups excluding carboxylic acids is 1. The third-order valence-corrected chi connectivity index (χ3v) is 5.03. The van der Waals surface area contributed by atoms with Gasteiger partial charge in [0.05, 0.1) is 12.6 Å². The van der Waals surface area contributed by atoms with E-state index in [-0.39, 0.29) is 24.3 Å². The van der Waals surface area contributed by atoms with Gasteiger partial charge in [0.2, 0.25) is 5.91 Å². The summed E-state index contributed by atoms with van der Waals surface area (Å²) >= 11 is 1.72. The van der Waals surface area contributed by atoms with Gasteiger partial charge < -0.3 is 10.2 Å². The summed E-state index contributed by atoms with van der Waals surface area (Å²) in [6.45, 7) is 5.21. The molecule has 1 aromatic heterocycles. The van der Waals surface area contributed by atoms with Crippen LogP contribution in [0, 0.1) is 5.82 Å². The van der Waals surface area contributed by atoms with Gasteiger partial charge in [-0.25, -0.2) is 4.39 Å². The van der Waals surface area contributed by atoms with E-state index in [0.29, 0.717) is 13.1 Å². The van der Waals surface area contributed by atoms with Crippen LogP contribution in [0.5, 0.6) is 0 Å². The Bertz CT molecular complexity index is 695. The molecule has 0 saturated carbocycles. The number of carbonyl (C=O) groups is 1. The Balaban J connectivity index is 1.90. The lowest BCUT2D eigenvalue weighted by Crippen LogP contribution is -2.44. The molecule has 0 radical (unpaired) electrons. The van der Waals surface area contributed by atoms with E-state index in [4.69, 9.17) is 0 Å². The van der Waals surface area contributed by atoms with E-state index in [0.717, 1.165) is 17.5 Å². The fourth-order valence-corrected chi connectivity index (χ4v) is 3.88. The molecule has 1 N–H and O–H groups in total. The van der Waals surface area contributed by atoms with Gasteiger partial charge in [0.1, 0.15) is 5.82 Å². The van der Waals surface area contributed by atoms with Crippen molar-refractivity contribution in [1.82, 2.24) is 10.2 Å². The molecule has 0 saturated heterocycles. The van der Waals surface area contributed by atoms with Gasteiger partial charge in [-0.15, -0.1) is 17.9 Å². The standard InChI is InChI=1S/C18H19FN2OS/c1-2-9-20-12-17(22)21-10-7-16-15(8-11-23-16)18(21)13-3-5-14(19)6-4-13/h2-6,8,11,18,20H,1,7,9-10,12H2/t18-/m0/s1. The van der Waals surface area contributed by atoms with E-state index in [1.165, 1.54) is 17.0 Å². The van der Waals surface area contributed by atoms with E-state index >= 15 is 0 Å². The minimum Gasteiger partial charge on any atom is -0.330 e. The van der Waals surface area contributed by atoms with Crippen molar-refractivity contribution >= 4 is 17.2 Å². The molecule has 2 aromatic rings. The number of rotatable bonds is 5. The molecule has 0 aliphatic carbocycles. The number of hydrogen-bond acceptors (Lipinski definition) is 3. The lowest BCUT2D eigenvalue weighted by Gasteiger charge is -2.36. The highest BCUT2D eigenvalue weighted by atomic mass is 32.1. The van der Waals surface area contributed by atoms with Gasteiger partial charge in [0.15, 0.2) is 0 Å². The van der Waals surface area contributed by atoms with Gasteiger partial charge in [-0.1, -0.05) is 18.2 Å². The molecule has 2 heterocycles. The molecule has 3 rings (SSSR count). The van der Waals surface area contributed by atoms with Crippen LogP contribution in [0.1, 0.15) is 22.0 Å². The second kappa shape index (κ2) is 7.06. The molecule has 1 aliphatic rings. The van der Waals surface area contributed by atoms with Crippen molar-refractivity contribution in [3.63, 3.8) is 0 Å². The number of fused-ring (bicyclic) bond motifs is 1. The third-order valence-electron chi connectivity index (χ3n) is 4.04. The predicted molar refractivity (Wildman–Crippen MR) is 91.0 cm³/mol. The van der Waals surface area contributed by atoms with Crippen molar-refractivity contribution in [2.75, 3.05) is 19.6 Å². The number of halogens is 1. The highest BCUT2D eigenvalue weighted by Gasteiger charge is 2.32. The molecule has 1 atom stereocenters. The molecule has 23 heavy (non-hydrogen) atoms. The average Bonchev–Trinajstić information content (AvgIpc) is 3.03. The number of benzene rings is 1. The first-order chi connectivity index (χ1) is 11.2. The van der Waals surface area contributed by atoms with E-state index in [2.05, 4.69) is 23.3 Å². The van der Waals surface area contributed by atoms with Gasteiger partial charge in [-0.2, -0.15) is 0 Å².